The van der Waals surface area contributed by atoms with E-state index < -0.39 is 0 Å². The fraction of sp³-hybridized carbons (Fsp3) is 0.125. The molecule has 5 rings (SSSR count). The molecule has 0 atom stereocenters. The predicted octanol–water partition coefficient (Wildman–Crippen LogP) is 3.91. The summed E-state index contributed by atoms with van der Waals surface area (Å²) in [6.45, 7) is 0.358. The molecule has 3 heterocycles. The SMILES string of the molecule is Cn1cccc(-c2cn[nH]c2OCc2ccc(-c3cccc4c3ncn4C)cc2)c1=O. The Morgan fingerprint density at radius 1 is 0.935 bits per heavy atom. The van der Waals surface area contributed by atoms with Gasteiger partial charge >= 0.3 is 0 Å². The molecule has 7 nitrogen and oxygen atoms in total. The van der Waals surface area contributed by atoms with Crippen molar-refractivity contribution in [2.45, 2.75) is 6.61 Å². The van der Waals surface area contributed by atoms with E-state index in [2.05, 4.69) is 39.4 Å². The minimum atomic E-state index is -0.0956. The molecule has 0 aliphatic carbocycles. The van der Waals surface area contributed by atoms with Gasteiger partial charge in [-0.05, 0) is 29.3 Å². The van der Waals surface area contributed by atoms with Crippen LogP contribution in [0.3, 0.4) is 0 Å². The Labute approximate surface area is 178 Å². The first-order valence-electron chi connectivity index (χ1n) is 9.93. The third-order valence-corrected chi connectivity index (χ3v) is 5.42. The highest BCUT2D eigenvalue weighted by atomic mass is 16.5. The predicted molar refractivity (Wildman–Crippen MR) is 120 cm³/mol. The molecule has 154 valence electrons. The van der Waals surface area contributed by atoms with Crippen LogP contribution in [0.4, 0.5) is 0 Å². The number of aromatic amines is 1. The number of H-pyrrole nitrogens is 1. The van der Waals surface area contributed by atoms with Crippen LogP contribution in [0.5, 0.6) is 5.88 Å². The van der Waals surface area contributed by atoms with Gasteiger partial charge in [-0.2, -0.15) is 5.10 Å². The number of rotatable bonds is 5. The summed E-state index contributed by atoms with van der Waals surface area (Å²) in [6.07, 6.45) is 5.17. The molecule has 31 heavy (non-hydrogen) atoms. The molecular weight excluding hydrogens is 390 g/mol. The third kappa shape index (κ3) is 3.40. The van der Waals surface area contributed by atoms with Crippen molar-refractivity contribution >= 4 is 11.0 Å². The summed E-state index contributed by atoms with van der Waals surface area (Å²) in [5, 5.41) is 6.91. The molecule has 7 heteroatoms. The molecule has 0 saturated carbocycles. The number of nitrogens with one attached hydrogen (secondary N) is 1. The average molecular weight is 411 g/mol. The van der Waals surface area contributed by atoms with Crippen LogP contribution in [-0.2, 0) is 20.7 Å². The number of pyridine rings is 1. The fourth-order valence-corrected chi connectivity index (χ4v) is 3.71. The van der Waals surface area contributed by atoms with Gasteiger partial charge in [-0.3, -0.25) is 4.79 Å². The topological polar surface area (TPSA) is 77.7 Å². The first-order chi connectivity index (χ1) is 15.1. The third-order valence-electron chi connectivity index (χ3n) is 5.42. The van der Waals surface area contributed by atoms with Gasteiger partial charge in [-0.1, -0.05) is 36.4 Å². The lowest BCUT2D eigenvalue weighted by molar-refractivity contribution is 0.294. The van der Waals surface area contributed by atoms with Crippen LogP contribution in [0.2, 0.25) is 0 Å². The normalized spacial score (nSPS) is 11.2. The second-order valence-electron chi connectivity index (χ2n) is 7.47. The van der Waals surface area contributed by atoms with Crippen molar-refractivity contribution in [2.24, 2.45) is 14.1 Å². The molecule has 0 spiro atoms. The minimum Gasteiger partial charge on any atom is -0.473 e. The van der Waals surface area contributed by atoms with E-state index in [1.54, 1.807) is 25.5 Å². The van der Waals surface area contributed by atoms with Crippen molar-refractivity contribution in [3.63, 3.8) is 0 Å². The fourth-order valence-electron chi connectivity index (χ4n) is 3.71. The van der Waals surface area contributed by atoms with Crippen molar-refractivity contribution in [3.8, 4) is 28.1 Å². The van der Waals surface area contributed by atoms with Crippen LogP contribution in [-0.4, -0.2) is 24.3 Å². The van der Waals surface area contributed by atoms with E-state index in [4.69, 9.17) is 4.74 Å². The Morgan fingerprint density at radius 2 is 1.74 bits per heavy atom. The van der Waals surface area contributed by atoms with E-state index >= 15 is 0 Å². The van der Waals surface area contributed by atoms with Gasteiger partial charge in [0.2, 0.25) is 5.88 Å². The summed E-state index contributed by atoms with van der Waals surface area (Å²) in [7, 11) is 3.72. The molecule has 0 aliphatic heterocycles. The van der Waals surface area contributed by atoms with Gasteiger partial charge in [0.1, 0.15) is 6.61 Å². The first-order valence-corrected chi connectivity index (χ1v) is 9.93. The zero-order chi connectivity index (χ0) is 21.4. The van der Waals surface area contributed by atoms with Crippen molar-refractivity contribution in [1.82, 2.24) is 24.3 Å². The lowest BCUT2D eigenvalue weighted by Gasteiger charge is -2.09. The number of fused-ring (bicyclic) bond motifs is 1. The number of imidazole rings is 1. The highest BCUT2D eigenvalue weighted by molar-refractivity contribution is 5.92. The van der Waals surface area contributed by atoms with E-state index in [1.165, 1.54) is 4.57 Å². The molecule has 0 amide bonds. The summed E-state index contributed by atoms with van der Waals surface area (Å²) < 4.78 is 9.50. The van der Waals surface area contributed by atoms with E-state index in [0.717, 1.165) is 27.7 Å². The lowest BCUT2D eigenvalue weighted by Crippen LogP contribution is -2.17. The number of ether oxygens (including phenoxy) is 1. The first kappa shape index (κ1) is 18.9. The molecule has 0 saturated heterocycles. The van der Waals surface area contributed by atoms with Crippen LogP contribution in [0.1, 0.15) is 5.56 Å². The van der Waals surface area contributed by atoms with Gasteiger partial charge in [0, 0.05) is 25.9 Å². The van der Waals surface area contributed by atoms with Gasteiger partial charge in [-0.15, -0.1) is 0 Å². The van der Waals surface area contributed by atoms with Gasteiger partial charge in [0.05, 0.1) is 34.7 Å². The van der Waals surface area contributed by atoms with Gasteiger partial charge in [0.25, 0.3) is 5.56 Å². The molecule has 2 aromatic carbocycles. The zero-order valence-corrected chi connectivity index (χ0v) is 17.2. The van der Waals surface area contributed by atoms with Crippen molar-refractivity contribution < 1.29 is 4.74 Å². The number of benzene rings is 2. The monoisotopic (exact) mass is 411 g/mol. The molecule has 0 radical (unpaired) electrons. The van der Waals surface area contributed by atoms with Gasteiger partial charge in [0.15, 0.2) is 0 Å². The van der Waals surface area contributed by atoms with E-state index in [1.807, 2.05) is 42.2 Å². The van der Waals surface area contributed by atoms with E-state index in [-0.39, 0.29) is 5.56 Å². The summed E-state index contributed by atoms with van der Waals surface area (Å²) in [5.41, 5.74) is 6.40. The largest absolute Gasteiger partial charge is 0.473 e. The molecule has 0 bridgehead atoms. The highest BCUT2D eigenvalue weighted by Gasteiger charge is 2.13. The number of aromatic nitrogens is 5. The summed E-state index contributed by atoms with van der Waals surface area (Å²) in [4.78, 5) is 17.0. The Balaban J connectivity index is 1.37. The van der Waals surface area contributed by atoms with Crippen molar-refractivity contribution in [2.75, 3.05) is 0 Å². The summed E-state index contributed by atoms with van der Waals surface area (Å²) in [6, 6.07) is 18.0. The van der Waals surface area contributed by atoms with Crippen LogP contribution in [0, 0.1) is 0 Å². The maximum absolute atomic E-state index is 12.4. The zero-order valence-electron chi connectivity index (χ0n) is 17.2. The van der Waals surface area contributed by atoms with Crippen LogP contribution in [0.15, 0.2) is 78.1 Å². The quantitative estimate of drug-likeness (QED) is 0.476. The van der Waals surface area contributed by atoms with Gasteiger partial charge < -0.3 is 13.9 Å². The second-order valence-corrected chi connectivity index (χ2v) is 7.47. The lowest BCUT2D eigenvalue weighted by atomic mass is 10.0. The smallest absolute Gasteiger partial charge is 0.258 e. The minimum absolute atomic E-state index is 0.0956. The number of hydrogen-bond acceptors (Lipinski definition) is 4. The Bertz CT molecular complexity index is 1430. The van der Waals surface area contributed by atoms with E-state index in [9.17, 15) is 4.79 Å². The molecule has 0 aliphatic rings. The van der Waals surface area contributed by atoms with Crippen molar-refractivity contribution in [1.29, 1.82) is 0 Å². The molecule has 0 fully saturated rings. The number of aryl methyl sites for hydroxylation is 2. The number of nitrogens with zero attached hydrogens (tertiary/aromatic N) is 4. The maximum atomic E-state index is 12.4. The highest BCUT2D eigenvalue weighted by Crippen LogP contribution is 2.29. The molecular formula is C24H21N5O2. The van der Waals surface area contributed by atoms with E-state index in [0.29, 0.717) is 23.6 Å². The van der Waals surface area contributed by atoms with Gasteiger partial charge in [-0.25, -0.2) is 10.1 Å². The average Bonchev–Trinajstić information content (AvgIpc) is 3.41. The van der Waals surface area contributed by atoms with Crippen LogP contribution < -0.4 is 10.3 Å². The second kappa shape index (κ2) is 7.60. The maximum Gasteiger partial charge on any atom is 0.258 e. The number of para-hydroxylation sites is 1. The summed E-state index contributed by atoms with van der Waals surface area (Å²) >= 11 is 0. The molecule has 3 aromatic heterocycles. The Hall–Kier alpha value is -4.13. The Kier molecular flexibility index (Phi) is 4.63. The molecule has 1 N–H and O–H groups in total. The van der Waals surface area contributed by atoms with Crippen LogP contribution >= 0.6 is 0 Å². The molecule has 0 unspecified atom stereocenters. The van der Waals surface area contributed by atoms with Crippen LogP contribution in [0.25, 0.3) is 33.3 Å². The molecule has 5 aromatic rings. The Morgan fingerprint density at radius 3 is 2.58 bits per heavy atom. The standard InChI is InChI=1S/C24H21N5O2/c1-28-12-4-6-19(24(28)30)20-13-26-27-23(20)31-14-16-8-10-17(11-9-16)18-5-3-7-21-22(18)25-15-29(21)2/h3-13,15H,14H2,1-2H3,(H,26,27). The summed E-state index contributed by atoms with van der Waals surface area (Å²) in [5.74, 6) is 0.477. The number of hydrogen-bond donors (Lipinski definition) is 1. The van der Waals surface area contributed by atoms with Crippen molar-refractivity contribution in [3.05, 3.63) is 89.2 Å².